The molecule has 1 atom stereocenters. The molecule has 0 radical (unpaired) electrons. The van der Waals surface area contributed by atoms with Gasteiger partial charge in [-0.25, -0.2) is 0 Å². The minimum absolute atomic E-state index is 0.00625. The quantitative estimate of drug-likeness (QED) is 0.795. The van der Waals surface area contributed by atoms with Gasteiger partial charge in [0.15, 0.2) is 0 Å². The van der Waals surface area contributed by atoms with Crippen molar-refractivity contribution in [2.24, 2.45) is 0 Å². The van der Waals surface area contributed by atoms with Crippen molar-refractivity contribution in [3.63, 3.8) is 0 Å². The lowest BCUT2D eigenvalue weighted by molar-refractivity contribution is 0.0683. The van der Waals surface area contributed by atoms with Crippen LogP contribution in [0.5, 0.6) is 0 Å². The number of nitrogens with zero attached hydrogens (tertiary/aromatic N) is 1. The van der Waals surface area contributed by atoms with E-state index >= 15 is 0 Å². The van der Waals surface area contributed by atoms with Crippen LogP contribution >= 0.6 is 0 Å². The topological polar surface area (TPSA) is 12.5 Å². The van der Waals surface area contributed by atoms with Crippen molar-refractivity contribution in [3.8, 4) is 0 Å². The van der Waals surface area contributed by atoms with Crippen LogP contribution in [0.4, 0.5) is 0 Å². The summed E-state index contributed by atoms with van der Waals surface area (Å²) in [6, 6.07) is 17.1. The molecule has 2 rings (SSSR count). The molecule has 0 bridgehead atoms. The third kappa shape index (κ3) is 4.42. The minimum atomic E-state index is 0.00625. The van der Waals surface area contributed by atoms with Gasteiger partial charge in [-0.2, -0.15) is 0 Å². The molecule has 2 aromatic rings. The Kier molecular flexibility index (Phi) is 5.54. The molecule has 0 heterocycles. The highest BCUT2D eigenvalue weighted by atomic mass is 16.5. The zero-order valence-corrected chi connectivity index (χ0v) is 13.5. The molecule has 0 saturated carbocycles. The van der Waals surface area contributed by atoms with Crippen LogP contribution in [0.1, 0.15) is 28.4 Å². The maximum absolute atomic E-state index is 6.20. The summed E-state index contributed by atoms with van der Waals surface area (Å²) in [5.41, 5.74) is 5.01. The Morgan fingerprint density at radius 2 is 1.62 bits per heavy atom. The highest BCUT2D eigenvalue weighted by Crippen LogP contribution is 2.28. The van der Waals surface area contributed by atoms with Crippen molar-refractivity contribution in [1.82, 2.24) is 4.90 Å². The summed E-state index contributed by atoms with van der Waals surface area (Å²) < 4.78 is 6.20. The van der Waals surface area contributed by atoms with Gasteiger partial charge in [-0.3, -0.25) is 0 Å². The molecule has 0 amide bonds. The zero-order valence-electron chi connectivity index (χ0n) is 13.5. The number of aryl methyl sites for hydroxylation is 2. The van der Waals surface area contributed by atoms with Crippen LogP contribution in [-0.2, 0) is 4.74 Å². The highest BCUT2D eigenvalue weighted by Gasteiger charge is 2.16. The zero-order chi connectivity index (χ0) is 15.2. The van der Waals surface area contributed by atoms with Crippen LogP contribution in [0.2, 0.25) is 0 Å². The Morgan fingerprint density at radius 3 is 2.24 bits per heavy atom. The van der Waals surface area contributed by atoms with Gasteiger partial charge in [0, 0.05) is 6.54 Å². The molecule has 0 N–H and O–H groups in total. The second-order valence-corrected chi connectivity index (χ2v) is 5.82. The second-order valence-electron chi connectivity index (χ2n) is 5.82. The van der Waals surface area contributed by atoms with Gasteiger partial charge in [0.1, 0.15) is 6.10 Å². The average Bonchev–Trinajstić information content (AvgIpc) is 2.46. The van der Waals surface area contributed by atoms with Gasteiger partial charge in [0.05, 0.1) is 6.61 Å². The van der Waals surface area contributed by atoms with Crippen LogP contribution in [0, 0.1) is 13.8 Å². The van der Waals surface area contributed by atoms with E-state index in [4.69, 9.17) is 4.74 Å². The molecule has 0 aliphatic rings. The van der Waals surface area contributed by atoms with E-state index in [1.807, 2.05) is 0 Å². The Balaban J connectivity index is 2.26. The summed E-state index contributed by atoms with van der Waals surface area (Å²) in [7, 11) is 4.13. The number of ether oxygens (including phenoxy) is 1. The Labute approximate surface area is 128 Å². The summed E-state index contributed by atoms with van der Waals surface area (Å²) >= 11 is 0. The average molecular weight is 283 g/mol. The molecular formula is C19H25NO. The fourth-order valence-corrected chi connectivity index (χ4v) is 2.34. The molecule has 2 nitrogen and oxygen atoms in total. The fraction of sp³-hybridized carbons (Fsp3) is 0.368. The van der Waals surface area contributed by atoms with Crippen LogP contribution in [-0.4, -0.2) is 32.1 Å². The van der Waals surface area contributed by atoms with E-state index in [0.29, 0.717) is 0 Å². The highest BCUT2D eigenvalue weighted by molar-refractivity contribution is 5.36. The summed E-state index contributed by atoms with van der Waals surface area (Å²) in [6.07, 6.45) is 0.00625. The molecule has 0 fully saturated rings. The predicted molar refractivity (Wildman–Crippen MR) is 88.7 cm³/mol. The number of hydrogen-bond donors (Lipinski definition) is 0. The van der Waals surface area contributed by atoms with E-state index < -0.39 is 0 Å². The summed E-state index contributed by atoms with van der Waals surface area (Å²) in [5.74, 6) is 0. The standard InChI is InChI=1S/C19H25NO/c1-15-9-11-17(12-10-15)19(21-14-13-20(3)4)18-8-6-5-7-16(18)2/h5-12,19H,13-14H2,1-4H3/t19-/m1/s1. The summed E-state index contributed by atoms with van der Waals surface area (Å²) in [5, 5.41) is 0. The monoisotopic (exact) mass is 283 g/mol. The lowest BCUT2D eigenvalue weighted by atomic mass is 9.97. The Bertz CT molecular complexity index is 560. The minimum Gasteiger partial charge on any atom is -0.367 e. The maximum Gasteiger partial charge on any atom is 0.108 e. The lowest BCUT2D eigenvalue weighted by Crippen LogP contribution is -2.20. The van der Waals surface area contributed by atoms with Gasteiger partial charge >= 0.3 is 0 Å². The molecular weight excluding hydrogens is 258 g/mol. The van der Waals surface area contributed by atoms with Crippen LogP contribution in [0.15, 0.2) is 48.5 Å². The predicted octanol–water partition coefficient (Wildman–Crippen LogP) is 3.97. The lowest BCUT2D eigenvalue weighted by Gasteiger charge is -2.22. The van der Waals surface area contributed by atoms with Crippen LogP contribution in [0.3, 0.4) is 0 Å². The first-order chi connectivity index (χ1) is 10.1. The first-order valence-corrected chi connectivity index (χ1v) is 7.46. The molecule has 21 heavy (non-hydrogen) atoms. The van der Waals surface area contributed by atoms with Gasteiger partial charge in [-0.1, -0.05) is 54.1 Å². The molecule has 0 unspecified atom stereocenters. The summed E-state index contributed by atoms with van der Waals surface area (Å²) in [6.45, 7) is 5.90. The number of likely N-dealkylation sites (N-methyl/N-ethyl adjacent to an activating group) is 1. The SMILES string of the molecule is Cc1ccc([C@@H](OCCN(C)C)c2ccccc2C)cc1. The maximum atomic E-state index is 6.20. The normalized spacial score (nSPS) is 12.6. The smallest absolute Gasteiger partial charge is 0.108 e. The Hall–Kier alpha value is -1.64. The van der Waals surface area contributed by atoms with E-state index in [0.717, 1.165) is 13.2 Å². The van der Waals surface area contributed by atoms with E-state index in [9.17, 15) is 0 Å². The molecule has 0 saturated heterocycles. The first-order valence-electron chi connectivity index (χ1n) is 7.46. The van der Waals surface area contributed by atoms with Crippen LogP contribution in [0.25, 0.3) is 0 Å². The van der Waals surface area contributed by atoms with Crippen molar-refractivity contribution in [2.75, 3.05) is 27.2 Å². The largest absolute Gasteiger partial charge is 0.367 e. The molecule has 0 aliphatic heterocycles. The number of rotatable bonds is 6. The van der Waals surface area contributed by atoms with E-state index in [1.165, 1.54) is 22.3 Å². The van der Waals surface area contributed by atoms with E-state index in [1.54, 1.807) is 0 Å². The molecule has 0 aliphatic carbocycles. The molecule has 2 heteroatoms. The third-order valence-electron chi connectivity index (χ3n) is 3.67. The molecule has 0 spiro atoms. The number of hydrogen-bond acceptors (Lipinski definition) is 2. The molecule has 0 aromatic heterocycles. The van der Waals surface area contributed by atoms with Crippen molar-refractivity contribution in [2.45, 2.75) is 20.0 Å². The van der Waals surface area contributed by atoms with Crippen molar-refractivity contribution >= 4 is 0 Å². The van der Waals surface area contributed by atoms with Gasteiger partial charge in [0.25, 0.3) is 0 Å². The third-order valence-corrected chi connectivity index (χ3v) is 3.67. The van der Waals surface area contributed by atoms with Gasteiger partial charge < -0.3 is 9.64 Å². The molecule has 112 valence electrons. The van der Waals surface area contributed by atoms with Crippen molar-refractivity contribution < 1.29 is 4.74 Å². The van der Waals surface area contributed by atoms with Gasteiger partial charge in [0.2, 0.25) is 0 Å². The Morgan fingerprint density at radius 1 is 0.952 bits per heavy atom. The van der Waals surface area contributed by atoms with Crippen molar-refractivity contribution in [3.05, 3.63) is 70.8 Å². The fourth-order valence-electron chi connectivity index (χ4n) is 2.34. The summed E-state index contributed by atoms with van der Waals surface area (Å²) in [4.78, 5) is 2.14. The molecule has 2 aromatic carbocycles. The second kappa shape index (κ2) is 7.39. The van der Waals surface area contributed by atoms with Crippen LogP contribution < -0.4 is 0 Å². The first kappa shape index (κ1) is 15.7. The number of benzene rings is 2. The van der Waals surface area contributed by atoms with E-state index in [-0.39, 0.29) is 6.10 Å². The van der Waals surface area contributed by atoms with Gasteiger partial charge in [-0.15, -0.1) is 0 Å². The van der Waals surface area contributed by atoms with Gasteiger partial charge in [-0.05, 0) is 44.6 Å². The van der Waals surface area contributed by atoms with E-state index in [2.05, 4.69) is 81.4 Å². The van der Waals surface area contributed by atoms with Crippen molar-refractivity contribution in [1.29, 1.82) is 0 Å².